The van der Waals surface area contributed by atoms with Gasteiger partial charge in [-0.1, -0.05) is 13.3 Å². The van der Waals surface area contributed by atoms with Crippen molar-refractivity contribution in [3.63, 3.8) is 0 Å². The quantitative estimate of drug-likeness (QED) is 0.613. The van der Waals surface area contributed by atoms with Crippen LogP contribution in [0.1, 0.15) is 39.5 Å². The van der Waals surface area contributed by atoms with Gasteiger partial charge in [0.1, 0.15) is 0 Å². The van der Waals surface area contributed by atoms with E-state index in [1.54, 1.807) is 0 Å². The highest BCUT2D eigenvalue weighted by Gasteiger charge is 2.19. The fourth-order valence-electron chi connectivity index (χ4n) is 2.41. The number of amides is 3. The summed E-state index contributed by atoms with van der Waals surface area (Å²) < 4.78 is 0. The molecular formula is C14H28N4O2. The number of hydrogen-bond acceptors (Lipinski definition) is 4. The Kier molecular flexibility index (Phi) is 8.22. The highest BCUT2D eigenvalue weighted by molar-refractivity contribution is 5.95. The first-order valence-electron chi connectivity index (χ1n) is 7.69. The zero-order valence-corrected chi connectivity index (χ0v) is 12.7. The summed E-state index contributed by atoms with van der Waals surface area (Å²) in [7, 11) is 0. The number of rotatable bonds is 8. The second-order valence-electron chi connectivity index (χ2n) is 5.29. The van der Waals surface area contributed by atoms with E-state index in [1.165, 1.54) is 12.8 Å². The Bertz CT molecular complexity index is 304. The van der Waals surface area contributed by atoms with Crippen LogP contribution in [0.4, 0.5) is 4.79 Å². The summed E-state index contributed by atoms with van der Waals surface area (Å²) in [5.41, 5.74) is 0. The van der Waals surface area contributed by atoms with Gasteiger partial charge in [-0.15, -0.1) is 0 Å². The molecule has 1 aliphatic heterocycles. The maximum absolute atomic E-state index is 11.8. The molecule has 1 rings (SSSR count). The Balaban J connectivity index is 2.37. The molecule has 6 heteroatoms. The molecule has 3 N–H and O–H groups in total. The average Bonchev–Trinajstić information content (AvgIpc) is 2.88. The second-order valence-corrected chi connectivity index (χ2v) is 5.29. The van der Waals surface area contributed by atoms with Crippen LogP contribution in [-0.2, 0) is 4.79 Å². The van der Waals surface area contributed by atoms with E-state index in [0.29, 0.717) is 12.6 Å². The maximum Gasteiger partial charge on any atom is 0.321 e. The molecular weight excluding hydrogens is 256 g/mol. The largest absolute Gasteiger partial charge is 0.338 e. The SMILES string of the molecule is CCCCN(CC(=O)NC(=O)NCC)CC1CCCN1. The summed E-state index contributed by atoms with van der Waals surface area (Å²) in [5, 5.41) is 8.37. The number of nitrogens with zero attached hydrogens (tertiary/aromatic N) is 1. The van der Waals surface area contributed by atoms with Gasteiger partial charge in [-0.05, 0) is 39.3 Å². The van der Waals surface area contributed by atoms with Gasteiger partial charge in [0.25, 0.3) is 0 Å². The number of unbranched alkanes of at least 4 members (excludes halogenated alkanes) is 1. The Morgan fingerprint density at radius 1 is 1.35 bits per heavy atom. The van der Waals surface area contributed by atoms with Crippen LogP contribution in [0, 0.1) is 0 Å². The predicted octanol–water partition coefficient (Wildman–Crippen LogP) is 0.686. The van der Waals surface area contributed by atoms with E-state index in [9.17, 15) is 9.59 Å². The first-order chi connectivity index (χ1) is 9.65. The highest BCUT2D eigenvalue weighted by atomic mass is 16.2. The third-order valence-corrected chi connectivity index (χ3v) is 3.43. The van der Waals surface area contributed by atoms with Gasteiger partial charge in [-0.25, -0.2) is 4.79 Å². The minimum Gasteiger partial charge on any atom is -0.338 e. The number of hydrogen-bond donors (Lipinski definition) is 3. The lowest BCUT2D eigenvalue weighted by molar-refractivity contribution is -0.121. The molecule has 20 heavy (non-hydrogen) atoms. The van der Waals surface area contributed by atoms with Crippen molar-refractivity contribution in [2.75, 3.05) is 32.7 Å². The Labute approximate surface area is 121 Å². The van der Waals surface area contributed by atoms with Crippen LogP contribution in [0.25, 0.3) is 0 Å². The first kappa shape index (κ1) is 16.9. The van der Waals surface area contributed by atoms with E-state index in [2.05, 4.69) is 27.8 Å². The third-order valence-electron chi connectivity index (χ3n) is 3.43. The van der Waals surface area contributed by atoms with Crippen LogP contribution in [0.3, 0.4) is 0 Å². The zero-order valence-electron chi connectivity index (χ0n) is 12.7. The summed E-state index contributed by atoms with van der Waals surface area (Å²) in [5.74, 6) is -0.231. The van der Waals surface area contributed by atoms with Gasteiger partial charge in [0.15, 0.2) is 0 Å². The molecule has 116 valence electrons. The lowest BCUT2D eigenvalue weighted by atomic mass is 10.2. The topological polar surface area (TPSA) is 73.5 Å². The van der Waals surface area contributed by atoms with E-state index < -0.39 is 6.03 Å². The van der Waals surface area contributed by atoms with Gasteiger partial charge in [0.05, 0.1) is 6.54 Å². The molecule has 0 aromatic carbocycles. The number of carbonyl (C=O) groups excluding carboxylic acids is 2. The van der Waals surface area contributed by atoms with Crippen molar-refractivity contribution in [2.24, 2.45) is 0 Å². The lowest BCUT2D eigenvalue weighted by Crippen LogP contribution is -2.47. The van der Waals surface area contributed by atoms with Gasteiger partial charge in [0, 0.05) is 19.1 Å². The number of urea groups is 1. The summed E-state index contributed by atoms with van der Waals surface area (Å²) in [6.07, 6.45) is 4.55. The van der Waals surface area contributed by atoms with E-state index in [1.807, 2.05) is 6.92 Å². The summed E-state index contributed by atoms with van der Waals surface area (Å²) >= 11 is 0. The predicted molar refractivity (Wildman–Crippen MR) is 79.6 cm³/mol. The maximum atomic E-state index is 11.8. The zero-order chi connectivity index (χ0) is 14.8. The average molecular weight is 284 g/mol. The van der Waals surface area contributed by atoms with Gasteiger partial charge in [-0.2, -0.15) is 0 Å². The van der Waals surface area contributed by atoms with Crippen LogP contribution in [-0.4, -0.2) is 55.6 Å². The van der Waals surface area contributed by atoms with Gasteiger partial charge >= 0.3 is 6.03 Å². The van der Waals surface area contributed by atoms with E-state index in [0.717, 1.165) is 32.5 Å². The third kappa shape index (κ3) is 6.86. The van der Waals surface area contributed by atoms with Crippen molar-refractivity contribution in [1.82, 2.24) is 20.9 Å². The molecule has 6 nitrogen and oxygen atoms in total. The number of imide groups is 1. The van der Waals surface area contributed by atoms with Crippen LogP contribution in [0.2, 0.25) is 0 Å². The van der Waals surface area contributed by atoms with Crippen molar-refractivity contribution in [3.05, 3.63) is 0 Å². The van der Waals surface area contributed by atoms with E-state index >= 15 is 0 Å². The molecule has 0 aromatic heterocycles. The second kappa shape index (κ2) is 9.72. The Hall–Kier alpha value is -1.14. The molecule has 3 amide bonds. The summed E-state index contributed by atoms with van der Waals surface area (Å²) in [6, 6.07) is 0.0658. The molecule has 0 spiro atoms. The van der Waals surface area contributed by atoms with Crippen LogP contribution < -0.4 is 16.0 Å². The molecule has 1 saturated heterocycles. The number of nitrogens with one attached hydrogen (secondary N) is 3. The molecule has 1 atom stereocenters. The minimum absolute atomic E-state index is 0.231. The molecule has 1 aliphatic rings. The van der Waals surface area contributed by atoms with Crippen LogP contribution in [0.5, 0.6) is 0 Å². The standard InChI is InChI=1S/C14H28N4O2/c1-3-5-9-18(10-12-7-6-8-16-12)11-13(19)17-14(20)15-4-2/h12,16H,3-11H2,1-2H3,(H2,15,17,19,20). The molecule has 0 aromatic rings. The van der Waals surface area contributed by atoms with Gasteiger partial charge in [-0.3, -0.25) is 15.0 Å². The first-order valence-corrected chi connectivity index (χ1v) is 7.69. The van der Waals surface area contributed by atoms with Gasteiger partial charge < -0.3 is 10.6 Å². The van der Waals surface area contributed by atoms with Gasteiger partial charge in [0.2, 0.25) is 5.91 Å². The molecule has 1 unspecified atom stereocenters. The monoisotopic (exact) mass is 284 g/mol. The fourth-order valence-corrected chi connectivity index (χ4v) is 2.41. The molecule has 0 radical (unpaired) electrons. The van der Waals surface area contributed by atoms with Crippen LogP contribution >= 0.6 is 0 Å². The summed E-state index contributed by atoms with van der Waals surface area (Å²) in [6.45, 7) is 7.61. The van der Waals surface area contributed by atoms with Crippen molar-refractivity contribution >= 4 is 11.9 Å². The lowest BCUT2D eigenvalue weighted by Gasteiger charge is -2.24. The van der Waals surface area contributed by atoms with Crippen molar-refractivity contribution in [1.29, 1.82) is 0 Å². The Morgan fingerprint density at radius 2 is 2.15 bits per heavy atom. The molecule has 0 aliphatic carbocycles. The van der Waals surface area contributed by atoms with Crippen molar-refractivity contribution in [3.8, 4) is 0 Å². The summed E-state index contributed by atoms with van der Waals surface area (Å²) in [4.78, 5) is 25.3. The van der Waals surface area contributed by atoms with E-state index in [-0.39, 0.29) is 12.5 Å². The molecule has 1 fully saturated rings. The highest BCUT2D eigenvalue weighted by Crippen LogP contribution is 2.07. The number of carbonyl (C=O) groups is 2. The molecule has 0 bridgehead atoms. The fraction of sp³-hybridized carbons (Fsp3) is 0.857. The van der Waals surface area contributed by atoms with E-state index in [4.69, 9.17) is 0 Å². The van der Waals surface area contributed by atoms with Crippen LogP contribution in [0.15, 0.2) is 0 Å². The van der Waals surface area contributed by atoms with Crippen molar-refractivity contribution < 1.29 is 9.59 Å². The molecule has 0 saturated carbocycles. The normalized spacial score (nSPS) is 18.2. The Morgan fingerprint density at radius 3 is 2.75 bits per heavy atom. The molecule has 1 heterocycles. The van der Waals surface area contributed by atoms with Crippen molar-refractivity contribution in [2.45, 2.75) is 45.6 Å². The minimum atomic E-state index is -0.410. The smallest absolute Gasteiger partial charge is 0.321 e.